The van der Waals surface area contributed by atoms with Crippen LogP contribution in [0.25, 0.3) is 11.0 Å². The Balaban J connectivity index is 2.11. The van der Waals surface area contributed by atoms with Crippen molar-refractivity contribution in [3.63, 3.8) is 0 Å². The van der Waals surface area contributed by atoms with E-state index in [9.17, 15) is 0 Å². The fourth-order valence-corrected chi connectivity index (χ4v) is 3.29. The van der Waals surface area contributed by atoms with Crippen molar-refractivity contribution >= 4 is 19.6 Å². The highest BCUT2D eigenvalue weighted by molar-refractivity contribution is 7.36. The van der Waals surface area contributed by atoms with Crippen LogP contribution in [0.2, 0.25) is 0 Å². The SMILES string of the molecule is CCn1c(CN)[n+](CCOCCOCCO)c2ccc(OCPC)cc21. The van der Waals surface area contributed by atoms with Crippen LogP contribution in [0.4, 0.5) is 0 Å². The molecule has 0 bridgehead atoms. The third-order valence-corrected chi connectivity index (χ3v) is 4.53. The standard InChI is InChI=1S/C18H31N3O4P/c1-3-20-17-12-15(25-14-26-2)4-5-16(17)21(18(20)13-19)6-8-23-10-11-24-9-7-22/h4-5,12,22,26H,3,6-11,13-14,19H2,1-2H3/q+1. The van der Waals surface area contributed by atoms with Crippen LogP contribution >= 0.6 is 8.58 Å². The fraction of sp³-hybridized carbons (Fsp3) is 0.611. The maximum Gasteiger partial charge on any atom is 0.271 e. The smallest absolute Gasteiger partial charge is 0.271 e. The highest BCUT2D eigenvalue weighted by Crippen LogP contribution is 2.22. The lowest BCUT2D eigenvalue weighted by Gasteiger charge is -2.05. The highest BCUT2D eigenvalue weighted by Gasteiger charge is 2.23. The van der Waals surface area contributed by atoms with Crippen LogP contribution in [-0.2, 0) is 29.1 Å². The Kier molecular flexibility index (Phi) is 9.29. The number of nitrogens with two attached hydrogens (primary N) is 1. The molecule has 26 heavy (non-hydrogen) atoms. The molecule has 0 fully saturated rings. The van der Waals surface area contributed by atoms with Crippen LogP contribution in [0, 0.1) is 0 Å². The van der Waals surface area contributed by atoms with Gasteiger partial charge >= 0.3 is 0 Å². The van der Waals surface area contributed by atoms with Crippen LogP contribution < -0.4 is 15.0 Å². The van der Waals surface area contributed by atoms with E-state index in [2.05, 4.69) is 34.9 Å². The van der Waals surface area contributed by atoms with E-state index in [0.717, 1.165) is 50.6 Å². The van der Waals surface area contributed by atoms with Crippen molar-refractivity contribution in [1.29, 1.82) is 0 Å². The van der Waals surface area contributed by atoms with Gasteiger partial charge in [0.1, 0.15) is 18.6 Å². The predicted molar refractivity (Wildman–Crippen MR) is 104 cm³/mol. The first-order valence-corrected chi connectivity index (χ1v) is 10.8. The number of nitrogens with zero attached hydrogens (tertiary/aromatic N) is 2. The second-order valence-corrected chi connectivity index (χ2v) is 6.75. The van der Waals surface area contributed by atoms with Crippen molar-refractivity contribution in [2.24, 2.45) is 5.73 Å². The van der Waals surface area contributed by atoms with E-state index in [1.807, 2.05) is 6.07 Å². The van der Waals surface area contributed by atoms with Gasteiger partial charge in [-0.1, -0.05) is 8.58 Å². The quantitative estimate of drug-likeness (QED) is 0.307. The lowest BCUT2D eigenvalue weighted by molar-refractivity contribution is -0.681. The van der Waals surface area contributed by atoms with Gasteiger partial charge in [0.25, 0.3) is 5.82 Å². The number of fused-ring (bicyclic) bond motifs is 1. The molecular weight excluding hydrogens is 353 g/mol. The molecule has 1 unspecified atom stereocenters. The second kappa shape index (κ2) is 11.5. The molecule has 1 aromatic carbocycles. The van der Waals surface area contributed by atoms with Gasteiger partial charge in [-0.2, -0.15) is 0 Å². The maximum absolute atomic E-state index is 8.68. The third kappa shape index (κ3) is 5.38. The molecule has 0 amide bonds. The molecule has 7 nitrogen and oxygen atoms in total. The molecule has 1 heterocycles. The first kappa shape index (κ1) is 21.1. The van der Waals surface area contributed by atoms with E-state index in [1.165, 1.54) is 0 Å². The molecule has 1 aromatic heterocycles. The van der Waals surface area contributed by atoms with Crippen LogP contribution in [0.1, 0.15) is 12.7 Å². The first-order chi connectivity index (χ1) is 12.8. The summed E-state index contributed by atoms with van der Waals surface area (Å²) < 4.78 is 21.1. The summed E-state index contributed by atoms with van der Waals surface area (Å²) in [6.45, 7) is 8.27. The summed E-state index contributed by atoms with van der Waals surface area (Å²) in [6, 6.07) is 6.21. The molecule has 0 aliphatic rings. The zero-order chi connectivity index (χ0) is 18.8. The van der Waals surface area contributed by atoms with E-state index in [-0.39, 0.29) is 6.61 Å². The van der Waals surface area contributed by atoms with Gasteiger partial charge in [0.2, 0.25) is 0 Å². The molecule has 1 atom stereocenters. The molecule has 3 N–H and O–H groups in total. The van der Waals surface area contributed by atoms with Gasteiger partial charge in [0.15, 0.2) is 11.0 Å². The second-order valence-electron chi connectivity index (χ2n) is 5.76. The minimum atomic E-state index is 0.0383. The summed E-state index contributed by atoms with van der Waals surface area (Å²) >= 11 is 0. The van der Waals surface area contributed by atoms with Crippen molar-refractivity contribution in [2.75, 3.05) is 46.0 Å². The lowest BCUT2D eigenvalue weighted by Crippen LogP contribution is -2.41. The summed E-state index contributed by atoms with van der Waals surface area (Å²) in [5.74, 6) is 1.98. The Morgan fingerprint density at radius 2 is 1.96 bits per heavy atom. The number of aryl methyl sites for hydroxylation is 1. The molecule has 2 rings (SSSR count). The average Bonchev–Trinajstić information content (AvgIpc) is 2.97. The topological polar surface area (TPSA) is 82.8 Å². The van der Waals surface area contributed by atoms with E-state index >= 15 is 0 Å². The Morgan fingerprint density at radius 1 is 1.19 bits per heavy atom. The Morgan fingerprint density at radius 3 is 2.62 bits per heavy atom. The van der Waals surface area contributed by atoms with Crippen molar-refractivity contribution in [3.05, 3.63) is 24.0 Å². The zero-order valence-corrected chi connectivity index (χ0v) is 16.7. The van der Waals surface area contributed by atoms with Crippen LogP contribution in [0.15, 0.2) is 18.2 Å². The van der Waals surface area contributed by atoms with Crippen LogP contribution in [-0.4, -0.2) is 55.7 Å². The minimum absolute atomic E-state index is 0.0383. The van der Waals surface area contributed by atoms with Gasteiger partial charge in [-0.05, 0) is 25.7 Å². The number of hydrogen-bond acceptors (Lipinski definition) is 5. The van der Waals surface area contributed by atoms with Gasteiger partial charge in [-0.3, -0.25) is 0 Å². The maximum atomic E-state index is 8.68. The minimum Gasteiger partial charge on any atom is -0.489 e. The number of aromatic nitrogens is 2. The van der Waals surface area contributed by atoms with Gasteiger partial charge in [-0.25, -0.2) is 9.13 Å². The average molecular weight is 384 g/mol. The number of rotatable bonds is 13. The number of benzene rings is 1. The van der Waals surface area contributed by atoms with E-state index < -0.39 is 0 Å². The van der Waals surface area contributed by atoms with Crippen molar-refractivity contribution in [1.82, 2.24) is 4.57 Å². The van der Waals surface area contributed by atoms with E-state index in [0.29, 0.717) is 33.0 Å². The molecule has 0 aliphatic heterocycles. The molecule has 0 saturated carbocycles. The van der Waals surface area contributed by atoms with E-state index in [1.54, 1.807) is 0 Å². The molecule has 0 saturated heterocycles. The van der Waals surface area contributed by atoms with Crippen molar-refractivity contribution in [2.45, 2.75) is 26.6 Å². The number of hydrogen-bond donors (Lipinski definition) is 2. The van der Waals surface area contributed by atoms with Crippen molar-refractivity contribution in [3.8, 4) is 5.75 Å². The van der Waals surface area contributed by atoms with Crippen molar-refractivity contribution < 1.29 is 23.9 Å². The van der Waals surface area contributed by atoms with Gasteiger partial charge in [0, 0.05) is 6.07 Å². The summed E-state index contributed by atoms with van der Waals surface area (Å²) in [4.78, 5) is 0. The monoisotopic (exact) mass is 384 g/mol. The zero-order valence-electron chi connectivity index (χ0n) is 15.7. The normalized spacial score (nSPS) is 11.8. The number of ether oxygens (including phenoxy) is 3. The molecule has 0 spiro atoms. The molecule has 0 radical (unpaired) electrons. The van der Waals surface area contributed by atoms with Gasteiger partial charge < -0.3 is 25.1 Å². The number of aliphatic hydroxyl groups excluding tert-OH is 1. The molecular formula is C18H31N3O4P+. The third-order valence-electron chi connectivity index (χ3n) is 4.10. The fourth-order valence-electron chi connectivity index (χ4n) is 2.98. The first-order valence-electron chi connectivity index (χ1n) is 9.05. The lowest BCUT2D eigenvalue weighted by atomic mass is 10.3. The van der Waals surface area contributed by atoms with Crippen LogP contribution in [0.3, 0.4) is 0 Å². The molecule has 0 aliphatic carbocycles. The largest absolute Gasteiger partial charge is 0.489 e. The number of imidazole rings is 1. The predicted octanol–water partition coefficient (Wildman–Crippen LogP) is 1.08. The summed E-state index contributed by atoms with van der Waals surface area (Å²) in [6.07, 6.45) is 0.744. The Labute approximate surface area is 156 Å². The van der Waals surface area contributed by atoms with Crippen LogP contribution in [0.5, 0.6) is 5.75 Å². The Hall–Kier alpha value is -1.24. The van der Waals surface area contributed by atoms with E-state index in [4.69, 9.17) is 25.1 Å². The molecule has 146 valence electrons. The molecule has 8 heteroatoms. The Bertz CT molecular complexity index is 678. The van der Waals surface area contributed by atoms with Gasteiger partial charge in [0.05, 0.1) is 46.1 Å². The highest BCUT2D eigenvalue weighted by atomic mass is 31.1. The molecule has 2 aromatic rings. The summed E-state index contributed by atoms with van der Waals surface area (Å²) in [5, 5.41) is 8.68. The number of aliphatic hydroxyl groups is 1. The summed E-state index contributed by atoms with van der Waals surface area (Å²) in [5.41, 5.74) is 8.31. The summed E-state index contributed by atoms with van der Waals surface area (Å²) in [7, 11) is 0.765. The van der Waals surface area contributed by atoms with Gasteiger partial charge in [-0.15, -0.1) is 0 Å².